The fourth-order valence-electron chi connectivity index (χ4n) is 1.58. The second-order valence-electron chi connectivity index (χ2n) is 3.88. The standard InChI is InChI=1S/C13H17NO4/c1-4-18-13(17)12(14(3)9(2)15)10-5-7-11(16)8-6-10/h5-8,12,16H,4H2,1-3H3. The summed E-state index contributed by atoms with van der Waals surface area (Å²) in [4.78, 5) is 24.6. The SMILES string of the molecule is CCOC(=O)C(c1ccc(O)cc1)N(C)C(C)=O. The van der Waals surface area contributed by atoms with Crippen molar-refractivity contribution in [3.8, 4) is 5.75 Å². The molecular weight excluding hydrogens is 234 g/mol. The first-order valence-electron chi connectivity index (χ1n) is 5.66. The van der Waals surface area contributed by atoms with E-state index in [0.717, 1.165) is 0 Å². The molecule has 0 radical (unpaired) electrons. The third-order valence-electron chi connectivity index (χ3n) is 2.60. The van der Waals surface area contributed by atoms with Crippen molar-refractivity contribution >= 4 is 11.9 Å². The Labute approximate surface area is 106 Å². The summed E-state index contributed by atoms with van der Waals surface area (Å²) < 4.78 is 4.96. The lowest BCUT2D eigenvalue weighted by Gasteiger charge is -2.25. The van der Waals surface area contributed by atoms with Crippen molar-refractivity contribution in [2.24, 2.45) is 0 Å². The van der Waals surface area contributed by atoms with Gasteiger partial charge >= 0.3 is 5.97 Å². The molecule has 0 saturated heterocycles. The maximum absolute atomic E-state index is 11.9. The Morgan fingerprint density at radius 2 is 1.89 bits per heavy atom. The van der Waals surface area contributed by atoms with Gasteiger partial charge in [0.15, 0.2) is 6.04 Å². The number of aromatic hydroxyl groups is 1. The van der Waals surface area contributed by atoms with Crippen LogP contribution in [0, 0.1) is 0 Å². The maximum Gasteiger partial charge on any atom is 0.333 e. The quantitative estimate of drug-likeness (QED) is 0.823. The lowest BCUT2D eigenvalue weighted by Crippen LogP contribution is -2.35. The molecule has 0 aliphatic carbocycles. The van der Waals surface area contributed by atoms with Crippen molar-refractivity contribution < 1.29 is 19.4 Å². The number of phenolic OH excluding ortho intramolecular Hbond substituents is 1. The number of nitrogens with zero attached hydrogens (tertiary/aromatic N) is 1. The Morgan fingerprint density at radius 3 is 2.33 bits per heavy atom. The molecule has 0 aliphatic heterocycles. The molecule has 18 heavy (non-hydrogen) atoms. The second kappa shape index (κ2) is 6.05. The van der Waals surface area contributed by atoms with Gasteiger partial charge < -0.3 is 14.7 Å². The van der Waals surface area contributed by atoms with E-state index in [9.17, 15) is 14.7 Å². The van der Waals surface area contributed by atoms with Crippen LogP contribution in [-0.2, 0) is 14.3 Å². The van der Waals surface area contributed by atoms with E-state index >= 15 is 0 Å². The average molecular weight is 251 g/mol. The highest BCUT2D eigenvalue weighted by Gasteiger charge is 2.28. The van der Waals surface area contributed by atoms with E-state index in [1.165, 1.54) is 31.0 Å². The molecule has 0 aliphatic rings. The number of likely N-dealkylation sites (N-methyl/N-ethyl adjacent to an activating group) is 1. The molecule has 1 aromatic rings. The van der Waals surface area contributed by atoms with Crippen molar-refractivity contribution in [1.82, 2.24) is 4.90 Å². The van der Waals surface area contributed by atoms with Crippen LogP contribution in [0.15, 0.2) is 24.3 Å². The fraction of sp³-hybridized carbons (Fsp3) is 0.385. The van der Waals surface area contributed by atoms with E-state index in [1.54, 1.807) is 19.1 Å². The van der Waals surface area contributed by atoms with E-state index in [4.69, 9.17) is 4.74 Å². The van der Waals surface area contributed by atoms with Gasteiger partial charge in [0.25, 0.3) is 0 Å². The molecule has 0 saturated carbocycles. The molecule has 0 spiro atoms. The van der Waals surface area contributed by atoms with E-state index in [1.807, 2.05) is 0 Å². The number of esters is 1. The van der Waals surface area contributed by atoms with Crippen LogP contribution in [0.2, 0.25) is 0 Å². The Morgan fingerprint density at radius 1 is 1.33 bits per heavy atom. The highest BCUT2D eigenvalue weighted by Crippen LogP contribution is 2.23. The topological polar surface area (TPSA) is 66.8 Å². The molecule has 1 amide bonds. The molecular formula is C13H17NO4. The molecule has 5 nitrogen and oxygen atoms in total. The summed E-state index contributed by atoms with van der Waals surface area (Å²) in [6.07, 6.45) is 0. The number of carbonyl (C=O) groups is 2. The lowest BCUT2D eigenvalue weighted by atomic mass is 10.1. The van der Waals surface area contributed by atoms with Crippen LogP contribution in [0.5, 0.6) is 5.75 Å². The first-order chi connectivity index (χ1) is 8.47. The minimum Gasteiger partial charge on any atom is -0.508 e. The molecule has 0 aromatic heterocycles. The molecule has 1 rings (SSSR count). The summed E-state index contributed by atoms with van der Waals surface area (Å²) in [5, 5.41) is 9.23. The summed E-state index contributed by atoms with van der Waals surface area (Å²) in [5.41, 5.74) is 0.601. The van der Waals surface area contributed by atoms with Crippen molar-refractivity contribution in [1.29, 1.82) is 0 Å². The summed E-state index contributed by atoms with van der Waals surface area (Å²) in [6.45, 7) is 3.34. The first-order valence-corrected chi connectivity index (χ1v) is 5.66. The number of hydrogen-bond donors (Lipinski definition) is 1. The van der Waals surface area contributed by atoms with Gasteiger partial charge in [-0.05, 0) is 24.6 Å². The van der Waals surface area contributed by atoms with Crippen LogP contribution in [0.3, 0.4) is 0 Å². The number of ether oxygens (including phenoxy) is 1. The van der Waals surface area contributed by atoms with Crippen LogP contribution >= 0.6 is 0 Å². The van der Waals surface area contributed by atoms with E-state index in [0.29, 0.717) is 5.56 Å². The largest absolute Gasteiger partial charge is 0.508 e. The molecule has 5 heteroatoms. The van der Waals surface area contributed by atoms with Gasteiger partial charge in [0.2, 0.25) is 5.91 Å². The smallest absolute Gasteiger partial charge is 0.333 e. The van der Waals surface area contributed by atoms with Gasteiger partial charge in [-0.15, -0.1) is 0 Å². The van der Waals surface area contributed by atoms with Gasteiger partial charge in [0, 0.05) is 14.0 Å². The maximum atomic E-state index is 11.9. The van der Waals surface area contributed by atoms with Gasteiger partial charge in [-0.3, -0.25) is 4.79 Å². The van der Waals surface area contributed by atoms with Crippen LogP contribution < -0.4 is 0 Å². The molecule has 98 valence electrons. The zero-order valence-electron chi connectivity index (χ0n) is 10.7. The lowest BCUT2D eigenvalue weighted by molar-refractivity contribution is -0.153. The number of carbonyl (C=O) groups excluding carboxylic acids is 2. The molecule has 1 N–H and O–H groups in total. The van der Waals surface area contributed by atoms with Gasteiger partial charge in [-0.2, -0.15) is 0 Å². The Kier molecular flexibility index (Phi) is 4.71. The van der Waals surface area contributed by atoms with Crippen LogP contribution in [0.25, 0.3) is 0 Å². The summed E-state index contributed by atoms with van der Waals surface area (Å²) in [5.74, 6) is -0.617. The number of amides is 1. The third kappa shape index (κ3) is 3.23. The number of rotatable bonds is 4. The van der Waals surface area contributed by atoms with Crippen molar-refractivity contribution in [3.05, 3.63) is 29.8 Å². The molecule has 0 fully saturated rings. The van der Waals surface area contributed by atoms with Gasteiger partial charge in [-0.25, -0.2) is 4.79 Å². The predicted molar refractivity (Wildman–Crippen MR) is 65.9 cm³/mol. The highest BCUT2D eigenvalue weighted by atomic mass is 16.5. The molecule has 1 atom stereocenters. The van der Waals surface area contributed by atoms with E-state index < -0.39 is 12.0 Å². The van der Waals surface area contributed by atoms with Crippen LogP contribution in [0.1, 0.15) is 25.5 Å². The fourth-order valence-corrected chi connectivity index (χ4v) is 1.58. The summed E-state index contributed by atoms with van der Waals surface area (Å²) >= 11 is 0. The minimum atomic E-state index is -0.789. The molecule has 0 heterocycles. The number of hydrogen-bond acceptors (Lipinski definition) is 4. The van der Waals surface area contributed by atoms with Crippen LogP contribution in [0.4, 0.5) is 0 Å². The van der Waals surface area contributed by atoms with Crippen molar-refractivity contribution in [2.75, 3.05) is 13.7 Å². The number of phenols is 1. The van der Waals surface area contributed by atoms with Crippen LogP contribution in [-0.4, -0.2) is 35.5 Å². The normalized spacial score (nSPS) is 11.7. The van der Waals surface area contributed by atoms with E-state index in [-0.39, 0.29) is 18.3 Å². The minimum absolute atomic E-state index is 0.104. The Balaban J connectivity index is 3.07. The van der Waals surface area contributed by atoms with Gasteiger partial charge in [-0.1, -0.05) is 12.1 Å². The average Bonchev–Trinajstić information content (AvgIpc) is 2.32. The first kappa shape index (κ1) is 14.0. The molecule has 1 unspecified atom stereocenters. The van der Waals surface area contributed by atoms with Gasteiger partial charge in [0.05, 0.1) is 6.61 Å². The predicted octanol–water partition coefficient (Wildman–Crippen LogP) is 1.47. The Bertz CT molecular complexity index is 427. The zero-order valence-corrected chi connectivity index (χ0v) is 10.7. The van der Waals surface area contributed by atoms with Crippen molar-refractivity contribution in [2.45, 2.75) is 19.9 Å². The van der Waals surface area contributed by atoms with E-state index in [2.05, 4.69) is 0 Å². The van der Waals surface area contributed by atoms with Crippen molar-refractivity contribution in [3.63, 3.8) is 0 Å². The number of benzene rings is 1. The second-order valence-corrected chi connectivity index (χ2v) is 3.88. The summed E-state index contributed by atoms with van der Waals surface area (Å²) in [6, 6.07) is 5.33. The molecule has 0 bridgehead atoms. The highest BCUT2D eigenvalue weighted by molar-refractivity contribution is 5.84. The summed E-state index contributed by atoms with van der Waals surface area (Å²) in [7, 11) is 1.54. The van der Waals surface area contributed by atoms with Gasteiger partial charge in [0.1, 0.15) is 5.75 Å². The molecule has 1 aromatic carbocycles. The zero-order chi connectivity index (χ0) is 13.7. The monoisotopic (exact) mass is 251 g/mol. The third-order valence-corrected chi connectivity index (χ3v) is 2.60. The Hall–Kier alpha value is -2.04.